The van der Waals surface area contributed by atoms with Gasteiger partial charge in [-0.1, -0.05) is 6.08 Å². The Morgan fingerprint density at radius 3 is 2.46 bits per heavy atom. The number of benzene rings is 1. The first kappa shape index (κ1) is 17.0. The minimum atomic E-state index is -4.38. The van der Waals surface area contributed by atoms with Gasteiger partial charge in [0.05, 0.1) is 5.56 Å². The molecule has 0 saturated heterocycles. The van der Waals surface area contributed by atoms with Crippen LogP contribution in [0.3, 0.4) is 0 Å². The van der Waals surface area contributed by atoms with Gasteiger partial charge < -0.3 is 9.80 Å². The molecule has 1 heterocycles. The molecule has 1 aromatic carbocycles. The topological polar surface area (TPSA) is 23.6 Å². The summed E-state index contributed by atoms with van der Waals surface area (Å²) in [6, 6.07) is 4.73. The van der Waals surface area contributed by atoms with Crippen molar-refractivity contribution in [2.75, 3.05) is 26.7 Å². The van der Waals surface area contributed by atoms with Crippen molar-refractivity contribution in [2.45, 2.75) is 31.5 Å². The van der Waals surface area contributed by atoms with Crippen LogP contribution in [0.5, 0.6) is 0 Å². The molecule has 0 radical (unpaired) electrons. The van der Waals surface area contributed by atoms with E-state index in [1.54, 1.807) is 0 Å². The van der Waals surface area contributed by atoms with Crippen molar-refractivity contribution < 1.29 is 18.0 Å². The predicted octanol–water partition coefficient (Wildman–Crippen LogP) is 3.57. The second-order valence-electron chi connectivity index (χ2n) is 6.63. The lowest BCUT2D eigenvalue weighted by Gasteiger charge is -2.29. The highest BCUT2D eigenvalue weighted by molar-refractivity contribution is 5.94. The van der Waals surface area contributed by atoms with E-state index in [2.05, 4.69) is 11.0 Å². The van der Waals surface area contributed by atoms with Gasteiger partial charge in [-0.15, -0.1) is 0 Å². The summed E-state index contributed by atoms with van der Waals surface area (Å²) in [5.74, 6) is -0.180. The molecule has 2 aliphatic rings. The summed E-state index contributed by atoms with van der Waals surface area (Å²) in [4.78, 5) is 16.8. The van der Waals surface area contributed by atoms with Crippen LogP contribution >= 0.6 is 0 Å². The van der Waals surface area contributed by atoms with Crippen LogP contribution < -0.4 is 0 Å². The Bertz CT molecular complexity index is 633. The van der Waals surface area contributed by atoms with Crippen molar-refractivity contribution in [1.82, 2.24) is 9.80 Å². The summed E-state index contributed by atoms with van der Waals surface area (Å²) >= 11 is 0. The summed E-state index contributed by atoms with van der Waals surface area (Å²) in [5.41, 5.74) is 0.796. The maximum absolute atomic E-state index is 12.7. The van der Waals surface area contributed by atoms with Crippen molar-refractivity contribution in [3.63, 3.8) is 0 Å². The van der Waals surface area contributed by atoms with Crippen molar-refractivity contribution in [2.24, 2.45) is 0 Å². The largest absolute Gasteiger partial charge is 0.416 e. The highest BCUT2D eigenvalue weighted by Crippen LogP contribution is 2.31. The second kappa shape index (κ2) is 6.59. The van der Waals surface area contributed by atoms with Crippen LogP contribution in [-0.2, 0) is 6.18 Å². The molecule has 1 saturated carbocycles. The van der Waals surface area contributed by atoms with Gasteiger partial charge in [-0.2, -0.15) is 13.2 Å². The Balaban J connectivity index is 1.74. The third kappa shape index (κ3) is 3.98. The lowest BCUT2D eigenvalue weighted by Crippen LogP contribution is -2.38. The van der Waals surface area contributed by atoms with E-state index in [1.807, 2.05) is 11.9 Å². The predicted molar refractivity (Wildman–Crippen MR) is 85.7 cm³/mol. The number of hydrogen-bond acceptors (Lipinski definition) is 2. The smallest absolute Gasteiger partial charge is 0.332 e. The van der Waals surface area contributed by atoms with E-state index in [4.69, 9.17) is 0 Å². The summed E-state index contributed by atoms with van der Waals surface area (Å²) in [5, 5.41) is 0. The second-order valence-corrected chi connectivity index (χ2v) is 6.63. The number of rotatable bonds is 4. The van der Waals surface area contributed by atoms with E-state index < -0.39 is 11.7 Å². The minimum Gasteiger partial charge on any atom is -0.332 e. The van der Waals surface area contributed by atoms with Gasteiger partial charge in [0.2, 0.25) is 0 Å². The number of hydrogen-bond donors (Lipinski definition) is 0. The Labute approximate surface area is 139 Å². The van der Waals surface area contributed by atoms with Gasteiger partial charge in [-0.3, -0.25) is 4.79 Å². The molecule has 1 aliphatic carbocycles. The average molecular weight is 338 g/mol. The number of likely N-dealkylation sites (N-methyl/N-ethyl adjacent to an activating group) is 1. The van der Waals surface area contributed by atoms with E-state index in [0.29, 0.717) is 12.1 Å². The molecule has 0 atom stereocenters. The fourth-order valence-corrected chi connectivity index (χ4v) is 3.03. The molecule has 0 N–H and O–H groups in total. The van der Waals surface area contributed by atoms with Crippen LogP contribution in [0.2, 0.25) is 0 Å². The molecule has 1 amide bonds. The molecule has 3 rings (SSSR count). The van der Waals surface area contributed by atoms with Crippen molar-refractivity contribution >= 4 is 5.91 Å². The van der Waals surface area contributed by atoms with E-state index in [1.165, 1.54) is 17.7 Å². The highest BCUT2D eigenvalue weighted by Gasteiger charge is 2.34. The van der Waals surface area contributed by atoms with Crippen molar-refractivity contribution in [3.05, 3.63) is 47.0 Å². The molecule has 0 spiro atoms. The molecule has 0 bridgehead atoms. The third-order valence-electron chi connectivity index (χ3n) is 4.50. The zero-order valence-electron chi connectivity index (χ0n) is 13.6. The lowest BCUT2D eigenvalue weighted by molar-refractivity contribution is -0.137. The number of carbonyl (C=O) groups is 1. The number of amides is 1. The normalized spacial score (nSPS) is 19.1. The van der Waals surface area contributed by atoms with Crippen LogP contribution in [0.25, 0.3) is 0 Å². The molecule has 1 aliphatic heterocycles. The van der Waals surface area contributed by atoms with Crippen molar-refractivity contribution in [3.8, 4) is 0 Å². The summed E-state index contributed by atoms with van der Waals surface area (Å²) < 4.78 is 38.0. The summed E-state index contributed by atoms with van der Waals surface area (Å²) in [6.07, 6.45) is 0.703. The van der Waals surface area contributed by atoms with Crippen LogP contribution in [-0.4, -0.2) is 48.4 Å². The van der Waals surface area contributed by atoms with Crippen LogP contribution in [0.1, 0.15) is 35.2 Å². The molecule has 24 heavy (non-hydrogen) atoms. The molecule has 3 nitrogen and oxygen atoms in total. The maximum atomic E-state index is 12.7. The third-order valence-corrected chi connectivity index (χ3v) is 4.50. The fourth-order valence-electron chi connectivity index (χ4n) is 3.03. The number of nitrogens with zero attached hydrogens (tertiary/aromatic N) is 2. The minimum absolute atomic E-state index is 0.180. The monoisotopic (exact) mass is 338 g/mol. The molecule has 0 aromatic heterocycles. The van der Waals surface area contributed by atoms with E-state index >= 15 is 0 Å². The van der Waals surface area contributed by atoms with Crippen molar-refractivity contribution in [1.29, 1.82) is 0 Å². The van der Waals surface area contributed by atoms with E-state index in [0.717, 1.165) is 44.5 Å². The Hall–Kier alpha value is -1.82. The SMILES string of the molecule is CN1CCC=C(CN(C(=O)c2ccc(C(F)(F)F)cc2)C2CC2)C1. The summed E-state index contributed by atoms with van der Waals surface area (Å²) in [6.45, 7) is 2.41. The Morgan fingerprint density at radius 1 is 1.25 bits per heavy atom. The first-order valence-electron chi connectivity index (χ1n) is 8.19. The number of alkyl halides is 3. The fraction of sp³-hybridized carbons (Fsp3) is 0.500. The number of carbonyl (C=O) groups excluding carboxylic acids is 1. The first-order valence-corrected chi connectivity index (χ1v) is 8.19. The quantitative estimate of drug-likeness (QED) is 0.784. The summed E-state index contributed by atoms with van der Waals surface area (Å²) in [7, 11) is 2.05. The van der Waals surface area contributed by atoms with Gasteiger partial charge in [-0.05, 0) is 56.1 Å². The molecule has 1 aromatic rings. The number of halogens is 3. The maximum Gasteiger partial charge on any atom is 0.416 e. The first-order chi connectivity index (χ1) is 11.3. The molecule has 1 fully saturated rings. The highest BCUT2D eigenvalue weighted by atomic mass is 19.4. The average Bonchev–Trinajstić information content (AvgIpc) is 3.36. The Kier molecular flexibility index (Phi) is 4.67. The zero-order chi connectivity index (χ0) is 17.3. The standard InChI is InChI=1S/C18H21F3N2O/c1-22-10-2-3-13(11-22)12-23(16-8-9-16)17(24)14-4-6-15(7-5-14)18(19,20)21/h3-7,16H,2,8-12H2,1H3. The van der Waals surface area contributed by atoms with Gasteiger partial charge in [0, 0.05) is 31.2 Å². The van der Waals surface area contributed by atoms with Gasteiger partial charge in [0.25, 0.3) is 5.91 Å². The zero-order valence-corrected chi connectivity index (χ0v) is 13.6. The molecular weight excluding hydrogens is 317 g/mol. The molecule has 6 heteroatoms. The van der Waals surface area contributed by atoms with Crippen LogP contribution in [0, 0.1) is 0 Å². The Morgan fingerprint density at radius 2 is 1.92 bits per heavy atom. The van der Waals surface area contributed by atoms with Crippen LogP contribution in [0.4, 0.5) is 13.2 Å². The molecule has 0 unspecified atom stereocenters. The van der Waals surface area contributed by atoms with Gasteiger partial charge in [0.15, 0.2) is 0 Å². The molecule has 130 valence electrons. The molecular formula is C18H21F3N2O. The van der Waals surface area contributed by atoms with Gasteiger partial charge in [0.1, 0.15) is 0 Å². The van der Waals surface area contributed by atoms with Gasteiger partial charge in [-0.25, -0.2) is 0 Å². The lowest BCUT2D eigenvalue weighted by atomic mass is 10.1. The van der Waals surface area contributed by atoms with E-state index in [9.17, 15) is 18.0 Å². The van der Waals surface area contributed by atoms with Crippen LogP contribution in [0.15, 0.2) is 35.9 Å². The van der Waals surface area contributed by atoms with E-state index in [-0.39, 0.29) is 11.9 Å². The van der Waals surface area contributed by atoms with Gasteiger partial charge >= 0.3 is 6.18 Å².